The molecule has 1 unspecified atom stereocenters. The lowest BCUT2D eigenvalue weighted by Gasteiger charge is -2.16. The van der Waals surface area contributed by atoms with Crippen LogP contribution in [0.3, 0.4) is 0 Å². The molecule has 0 saturated carbocycles. The maximum Gasteiger partial charge on any atom is 0.348 e. The molecule has 8 heteroatoms. The number of rotatable bonds is 8. The maximum absolute atomic E-state index is 13.1. The van der Waals surface area contributed by atoms with Crippen LogP contribution in [0.1, 0.15) is 47.1 Å². The standard InChI is InChI=1S/C22H24N2O5S/c1-4-16(21(26)28-5-2)24-13-23-19-17(20(24)25)14(3)18(30-19)22(27)29-12-11-15-9-7-6-8-10-15/h6-10,13,16H,4-5,11-12H2,1-3H3. The van der Waals surface area contributed by atoms with E-state index in [9.17, 15) is 14.4 Å². The highest BCUT2D eigenvalue weighted by atomic mass is 32.1. The van der Waals surface area contributed by atoms with E-state index >= 15 is 0 Å². The number of hydrogen-bond donors (Lipinski definition) is 0. The Morgan fingerprint density at radius 3 is 2.57 bits per heavy atom. The van der Waals surface area contributed by atoms with Gasteiger partial charge in [-0.25, -0.2) is 14.6 Å². The normalized spacial score (nSPS) is 12.0. The van der Waals surface area contributed by atoms with Gasteiger partial charge in [0, 0.05) is 6.42 Å². The van der Waals surface area contributed by atoms with Gasteiger partial charge >= 0.3 is 11.9 Å². The highest BCUT2D eigenvalue weighted by molar-refractivity contribution is 7.20. The zero-order valence-electron chi connectivity index (χ0n) is 17.2. The Hall–Kier alpha value is -3.00. The summed E-state index contributed by atoms with van der Waals surface area (Å²) < 4.78 is 11.8. The van der Waals surface area contributed by atoms with Crippen molar-refractivity contribution in [2.75, 3.05) is 13.2 Å². The predicted molar refractivity (Wildman–Crippen MR) is 115 cm³/mol. The lowest BCUT2D eigenvalue weighted by atomic mass is 10.2. The van der Waals surface area contributed by atoms with Crippen molar-refractivity contribution in [1.29, 1.82) is 0 Å². The molecule has 158 valence electrons. The van der Waals surface area contributed by atoms with E-state index < -0.39 is 18.0 Å². The summed E-state index contributed by atoms with van der Waals surface area (Å²) in [6.45, 7) is 5.69. The summed E-state index contributed by atoms with van der Waals surface area (Å²) >= 11 is 1.12. The van der Waals surface area contributed by atoms with E-state index in [1.54, 1.807) is 20.8 Å². The number of aryl methyl sites for hydroxylation is 1. The number of aromatic nitrogens is 2. The van der Waals surface area contributed by atoms with E-state index in [0.717, 1.165) is 16.9 Å². The first-order valence-corrected chi connectivity index (χ1v) is 10.7. The Kier molecular flexibility index (Phi) is 6.99. The van der Waals surface area contributed by atoms with E-state index in [4.69, 9.17) is 9.47 Å². The molecule has 2 aromatic heterocycles. The minimum Gasteiger partial charge on any atom is -0.464 e. The molecule has 0 fully saturated rings. The maximum atomic E-state index is 13.1. The van der Waals surface area contributed by atoms with Gasteiger partial charge in [0.15, 0.2) is 0 Å². The van der Waals surface area contributed by atoms with Gasteiger partial charge in [0.05, 0.1) is 24.9 Å². The third-order valence-corrected chi connectivity index (χ3v) is 5.99. The fourth-order valence-electron chi connectivity index (χ4n) is 3.24. The number of hydrogen-bond acceptors (Lipinski definition) is 7. The summed E-state index contributed by atoms with van der Waals surface area (Å²) in [5.41, 5.74) is 1.23. The predicted octanol–water partition coefficient (Wildman–Crippen LogP) is 3.68. The van der Waals surface area contributed by atoms with E-state index in [1.807, 2.05) is 30.3 Å². The van der Waals surface area contributed by atoms with Crippen molar-refractivity contribution >= 4 is 33.5 Å². The van der Waals surface area contributed by atoms with Gasteiger partial charge in [-0.15, -0.1) is 11.3 Å². The van der Waals surface area contributed by atoms with E-state index in [0.29, 0.717) is 33.5 Å². The van der Waals surface area contributed by atoms with E-state index in [1.165, 1.54) is 10.9 Å². The van der Waals surface area contributed by atoms with Crippen molar-refractivity contribution in [2.24, 2.45) is 0 Å². The Labute approximate surface area is 178 Å². The molecule has 1 atom stereocenters. The van der Waals surface area contributed by atoms with Crippen LogP contribution in [0.5, 0.6) is 0 Å². The summed E-state index contributed by atoms with van der Waals surface area (Å²) in [4.78, 5) is 43.0. The molecule has 0 N–H and O–H groups in total. The average molecular weight is 429 g/mol. The van der Waals surface area contributed by atoms with E-state index in [-0.39, 0.29) is 18.8 Å². The van der Waals surface area contributed by atoms with Gasteiger partial charge in [0.25, 0.3) is 5.56 Å². The molecule has 0 aliphatic rings. The van der Waals surface area contributed by atoms with Gasteiger partial charge < -0.3 is 9.47 Å². The molecule has 0 saturated heterocycles. The highest BCUT2D eigenvalue weighted by Crippen LogP contribution is 2.28. The average Bonchev–Trinajstić information content (AvgIpc) is 3.08. The van der Waals surface area contributed by atoms with Gasteiger partial charge in [0.1, 0.15) is 15.7 Å². The molecule has 2 heterocycles. The Bertz CT molecular complexity index is 1100. The number of nitrogens with zero attached hydrogens (tertiary/aromatic N) is 2. The third kappa shape index (κ3) is 4.43. The molecule has 3 aromatic rings. The van der Waals surface area contributed by atoms with Crippen molar-refractivity contribution in [3.63, 3.8) is 0 Å². The number of benzene rings is 1. The largest absolute Gasteiger partial charge is 0.464 e. The zero-order chi connectivity index (χ0) is 21.7. The lowest BCUT2D eigenvalue weighted by Crippen LogP contribution is -2.31. The lowest BCUT2D eigenvalue weighted by molar-refractivity contribution is -0.147. The first-order valence-electron chi connectivity index (χ1n) is 9.85. The Balaban J connectivity index is 1.84. The van der Waals surface area contributed by atoms with Gasteiger partial charge in [-0.05, 0) is 31.4 Å². The molecule has 0 bridgehead atoms. The molecule has 0 amide bonds. The number of fused-ring (bicyclic) bond motifs is 1. The van der Waals surface area contributed by atoms with Crippen molar-refractivity contribution < 1.29 is 19.1 Å². The summed E-state index contributed by atoms with van der Waals surface area (Å²) in [7, 11) is 0. The second kappa shape index (κ2) is 9.67. The van der Waals surface area contributed by atoms with Crippen molar-refractivity contribution in [3.05, 3.63) is 63.0 Å². The van der Waals surface area contributed by atoms with Crippen LogP contribution in [0.2, 0.25) is 0 Å². The van der Waals surface area contributed by atoms with Gasteiger partial charge in [-0.3, -0.25) is 9.36 Å². The SMILES string of the molecule is CCOC(=O)C(CC)n1cnc2sc(C(=O)OCCc3ccccc3)c(C)c2c1=O. The fraction of sp³-hybridized carbons (Fsp3) is 0.364. The van der Waals surface area contributed by atoms with Crippen LogP contribution in [-0.2, 0) is 20.7 Å². The molecule has 1 aromatic carbocycles. The summed E-state index contributed by atoms with van der Waals surface area (Å²) in [6.07, 6.45) is 2.35. The van der Waals surface area contributed by atoms with Crippen LogP contribution in [0.15, 0.2) is 41.5 Å². The van der Waals surface area contributed by atoms with Crippen molar-refractivity contribution in [2.45, 2.75) is 39.7 Å². The van der Waals surface area contributed by atoms with Crippen LogP contribution >= 0.6 is 11.3 Å². The van der Waals surface area contributed by atoms with Crippen molar-refractivity contribution in [3.8, 4) is 0 Å². The molecule has 0 aliphatic heterocycles. The second-order valence-corrected chi connectivity index (χ2v) is 7.74. The van der Waals surface area contributed by atoms with Crippen LogP contribution in [0.25, 0.3) is 10.2 Å². The summed E-state index contributed by atoms with van der Waals surface area (Å²) in [5.74, 6) is -0.952. The highest BCUT2D eigenvalue weighted by Gasteiger charge is 2.25. The van der Waals surface area contributed by atoms with Crippen LogP contribution in [0.4, 0.5) is 0 Å². The zero-order valence-corrected chi connectivity index (χ0v) is 18.0. The first kappa shape index (κ1) is 21.7. The Morgan fingerprint density at radius 1 is 1.17 bits per heavy atom. The van der Waals surface area contributed by atoms with Crippen LogP contribution < -0.4 is 5.56 Å². The van der Waals surface area contributed by atoms with Gasteiger partial charge in [0.2, 0.25) is 0 Å². The number of carbonyl (C=O) groups excluding carboxylic acids is 2. The van der Waals surface area contributed by atoms with Gasteiger partial charge in [-0.1, -0.05) is 37.3 Å². The Morgan fingerprint density at radius 2 is 1.90 bits per heavy atom. The van der Waals surface area contributed by atoms with Crippen molar-refractivity contribution in [1.82, 2.24) is 9.55 Å². The molecule has 7 nitrogen and oxygen atoms in total. The minimum absolute atomic E-state index is 0.232. The molecule has 0 radical (unpaired) electrons. The molecule has 0 spiro atoms. The second-order valence-electron chi connectivity index (χ2n) is 6.74. The van der Waals surface area contributed by atoms with Crippen LogP contribution in [0, 0.1) is 6.92 Å². The molecule has 30 heavy (non-hydrogen) atoms. The first-order chi connectivity index (χ1) is 14.5. The summed E-state index contributed by atoms with van der Waals surface area (Å²) in [5, 5.41) is 0.334. The molecule has 3 rings (SSSR count). The summed E-state index contributed by atoms with van der Waals surface area (Å²) in [6, 6.07) is 8.99. The quantitative estimate of drug-likeness (QED) is 0.509. The molecule has 0 aliphatic carbocycles. The minimum atomic E-state index is -0.755. The van der Waals surface area contributed by atoms with Crippen LogP contribution in [-0.4, -0.2) is 34.7 Å². The van der Waals surface area contributed by atoms with Gasteiger partial charge in [-0.2, -0.15) is 0 Å². The number of ether oxygens (including phenoxy) is 2. The monoisotopic (exact) mass is 428 g/mol. The number of carbonyl (C=O) groups is 2. The fourth-order valence-corrected chi connectivity index (χ4v) is 4.27. The molecular weight excluding hydrogens is 404 g/mol. The van der Waals surface area contributed by atoms with E-state index in [2.05, 4.69) is 4.98 Å². The number of thiophene rings is 1. The number of esters is 2. The topological polar surface area (TPSA) is 87.5 Å². The smallest absolute Gasteiger partial charge is 0.348 e. The third-order valence-electron chi connectivity index (χ3n) is 4.81. The molecular formula is C22H24N2O5S.